The van der Waals surface area contributed by atoms with Crippen LogP contribution >= 0.6 is 0 Å². The number of allylic oxidation sites excluding steroid dienone is 3. The van der Waals surface area contributed by atoms with Gasteiger partial charge in [0.1, 0.15) is 0 Å². The first-order chi connectivity index (χ1) is 9.52. The Labute approximate surface area is 149 Å². The number of hydrogen-bond acceptors (Lipinski definition) is 1. The van der Waals surface area contributed by atoms with Crippen LogP contribution in [0.5, 0.6) is 0 Å². The molecule has 1 aliphatic rings. The van der Waals surface area contributed by atoms with Gasteiger partial charge in [0.15, 0.2) is 0 Å². The summed E-state index contributed by atoms with van der Waals surface area (Å²) in [5.74, 6) is 2.52. The number of halogens is 2. The van der Waals surface area contributed by atoms with Crippen molar-refractivity contribution < 1.29 is 41.5 Å². The van der Waals surface area contributed by atoms with Gasteiger partial charge < -0.3 is 4.90 Å². The molecule has 0 fully saturated rings. The van der Waals surface area contributed by atoms with Crippen LogP contribution in [0.25, 0.3) is 5.70 Å². The molecule has 2 rings (SSSR count). The third kappa shape index (κ3) is 4.12. The molecule has 1 radical (unpaired) electrons. The summed E-state index contributed by atoms with van der Waals surface area (Å²) in [6, 6.07) is 7.16. The second-order valence-electron chi connectivity index (χ2n) is 4.49. The molecule has 4 heteroatoms. The first-order valence-electron chi connectivity index (χ1n) is 6.15. The average Bonchev–Trinajstić information content (AvgIpc) is 2.44. The van der Waals surface area contributed by atoms with Gasteiger partial charge in [-0.25, -0.2) is 8.78 Å². The molecule has 1 nitrogen and oxygen atoms in total. The molecule has 0 N–H and O–H groups in total. The van der Waals surface area contributed by atoms with Crippen LogP contribution in [0.3, 0.4) is 0 Å². The fourth-order valence-corrected chi connectivity index (χ4v) is 1.99. The number of rotatable bonds is 3. The summed E-state index contributed by atoms with van der Waals surface area (Å²) in [6.45, 7) is 5.30. The topological polar surface area (TPSA) is 3.24 Å². The maximum absolute atomic E-state index is 12.8. The molecule has 21 heavy (non-hydrogen) atoms. The van der Waals surface area contributed by atoms with Gasteiger partial charge in [-0.1, -0.05) is 42.8 Å². The van der Waals surface area contributed by atoms with Crippen LogP contribution in [0.2, 0.25) is 0 Å². The summed E-state index contributed by atoms with van der Waals surface area (Å²) < 4.78 is 25.5. The molecule has 1 aliphatic heterocycles. The van der Waals surface area contributed by atoms with Crippen molar-refractivity contribution in [3.8, 4) is 12.3 Å². The van der Waals surface area contributed by atoms with Crippen LogP contribution in [0.15, 0.2) is 48.2 Å². The number of nitrogens with zero attached hydrogens (tertiary/aromatic N) is 1. The van der Waals surface area contributed by atoms with Crippen molar-refractivity contribution >= 4 is 5.70 Å². The van der Waals surface area contributed by atoms with Crippen molar-refractivity contribution in [3.63, 3.8) is 0 Å². The third-order valence-corrected chi connectivity index (χ3v) is 3.12. The van der Waals surface area contributed by atoms with E-state index in [1.165, 1.54) is 4.90 Å². The number of alkyl halides is 2. The summed E-state index contributed by atoms with van der Waals surface area (Å²) in [7, 11) is 0. The molecule has 0 saturated carbocycles. The minimum absolute atomic E-state index is 0. The maximum Gasteiger partial charge on any atom is 0.256 e. The third-order valence-electron chi connectivity index (χ3n) is 3.12. The molecule has 0 bridgehead atoms. The zero-order valence-corrected chi connectivity index (χ0v) is 14.6. The Balaban J connectivity index is 0.00000220. The van der Waals surface area contributed by atoms with Gasteiger partial charge in [0.25, 0.3) is 6.43 Å². The molecule has 1 heterocycles. The molecule has 0 aliphatic carbocycles. The van der Waals surface area contributed by atoms with E-state index in [0.717, 1.165) is 16.7 Å². The predicted octanol–water partition coefficient (Wildman–Crippen LogP) is 3.85. The normalized spacial score (nSPS) is 14.2. The minimum Gasteiger partial charge on any atom is -0.370 e. The molecule has 1 aromatic rings. The molecular formula is C17H14F2NY-. The van der Waals surface area contributed by atoms with Gasteiger partial charge in [0.05, 0.1) is 6.54 Å². The van der Waals surface area contributed by atoms with Crippen LogP contribution < -0.4 is 0 Å². The molecule has 0 atom stereocenters. The van der Waals surface area contributed by atoms with Gasteiger partial charge in [-0.3, -0.25) is 0 Å². The Morgan fingerprint density at radius 1 is 1.33 bits per heavy atom. The van der Waals surface area contributed by atoms with Crippen LogP contribution in [0.4, 0.5) is 8.78 Å². The fourth-order valence-electron chi connectivity index (χ4n) is 1.99. The molecule has 0 amide bonds. The molecule has 0 aromatic heterocycles. The van der Waals surface area contributed by atoms with Gasteiger partial charge in [-0.05, 0) is 5.70 Å². The largest absolute Gasteiger partial charge is 0.370 e. The van der Waals surface area contributed by atoms with E-state index < -0.39 is 13.0 Å². The van der Waals surface area contributed by atoms with Gasteiger partial charge in [-0.2, -0.15) is 12.2 Å². The van der Waals surface area contributed by atoms with E-state index in [4.69, 9.17) is 6.42 Å². The predicted molar refractivity (Wildman–Crippen MR) is 76.6 cm³/mol. The van der Waals surface area contributed by atoms with Crippen LogP contribution in [0, 0.1) is 18.4 Å². The molecular weight excluding hydrogens is 345 g/mol. The van der Waals surface area contributed by atoms with E-state index in [1.54, 1.807) is 30.3 Å². The van der Waals surface area contributed by atoms with Gasteiger partial charge in [0, 0.05) is 38.3 Å². The van der Waals surface area contributed by atoms with Gasteiger partial charge in [0.2, 0.25) is 0 Å². The van der Waals surface area contributed by atoms with E-state index in [9.17, 15) is 8.78 Å². The summed E-state index contributed by atoms with van der Waals surface area (Å²) in [4.78, 5) is 1.49. The molecule has 0 unspecified atom stereocenters. The summed E-state index contributed by atoms with van der Waals surface area (Å²) >= 11 is 0. The van der Waals surface area contributed by atoms with Crippen molar-refractivity contribution in [2.75, 3.05) is 6.54 Å². The van der Waals surface area contributed by atoms with Crippen molar-refractivity contribution in [1.82, 2.24) is 4.90 Å². The van der Waals surface area contributed by atoms with E-state index in [0.29, 0.717) is 11.4 Å². The number of benzene rings is 1. The van der Waals surface area contributed by atoms with Crippen LogP contribution in [0.1, 0.15) is 18.1 Å². The standard InChI is InChI=1S/C17H14F2N.Y/c1-4-14-6-8-15(9-7-14)16-10-5-12(2)13(3)20(16)11-17(18)19;/h1,5-9,17H,3,11H2,2H3;/q-1;. The molecule has 105 valence electrons. The van der Waals surface area contributed by atoms with Gasteiger partial charge >= 0.3 is 0 Å². The summed E-state index contributed by atoms with van der Waals surface area (Å²) in [5, 5.41) is 0. The zero-order valence-electron chi connectivity index (χ0n) is 11.7. The average molecular weight is 359 g/mol. The summed E-state index contributed by atoms with van der Waals surface area (Å²) in [6.07, 6.45) is 7.66. The first kappa shape index (κ1) is 17.8. The Bertz CT molecular complexity index is 621. The Kier molecular flexibility index (Phi) is 6.52. The zero-order chi connectivity index (χ0) is 14.7. The molecule has 0 saturated heterocycles. The molecule has 0 spiro atoms. The number of terminal acetylenes is 1. The fraction of sp³-hybridized carbons (Fsp3) is 0.176. The van der Waals surface area contributed by atoms with E-state index in [1.807, 2.05) is 6.92 Å². The Morgan fingerprint density at radius 3 is 2.48 bits per heavy atom. The van der Waals surface area contributed by atoms with Crippen LogP contribution in [-0.2, 0) is 32.7 Å². The van der Waals surface area contributed by atoms with Crippen molar-refractivity contribution in [1.29, 1.82) is 0 Å². The quantitative estimate of drug-likeness (QED) is 0.585. The van der Waals surface area contributed by atoms with E-state index in [-0.39, 0.29) is 32.7 Å². The number of hydrogen-bond donors (Lipinski definition) is 0. The second kappa shape index (κ2) is 7.68. The Hall–Kier alpha value is -1.24. The van der Waals surface area contributed by atoms with Crippen molar-refractivity contribution in [2.45, 2.75) is 13.3 Å². The van der Waals surface area contributed by atoms with E-state index in [2.05, 4.69) is 18.6 Å². The smallest absolute Gasteiger partial charge is 0.256 e. The summed E-state index contributed by atoms with van der Waals surface area (Å²) in [5.41, 5.74) is 3.52. The van der Waals surface area contributed by atoms with E-state index >= 15 is 0 Å². The minimum atomic E-state index is -2.44. The first-order valence-corrected chi connectivity index (χ1v) is 6.15. The Morgan fingerprint density at radius 2 is 1.95 bits per heavy atom. The SMILES string of the molecule is C#Cc1ccc(C2=[C-]C=C(C)C(=C)N2CC(F)F)cc1.[Y]. The second-order valence-corrected chi connectivity index (χ2v) is 4.49. The monoisotopic (exact) mass is 359 g/mol. The molecule has 1 aromatic carbocycles. The van der Waals surface area contributed by atoms with Gasteiger partial charge in [-0.15, -0.1) is 24.1 Å². The maximum atomic E-state index is 12.8. The van der Waals surface area contributed by atoms with Crippen LogP contribution in [-0.4, -0.2) is 17.9 Å². The van der Waals surface area contributed by atoms with Crippen molar-refractivity contribution in [3.05, 3.63) is 65.4 Å². The van der Waals surface area contributed by atoms with Crippen molar-refractivity contribution in [2.24, 2.45) is 0 Å².